The molecule has 10 aromatic carbocycles. The second-order valence-corrected chi connectivity index (χ2v) is 18.5. The quantitative estimate of drug-likeness (QED) is 0.147. The molecule has 2 heteroatoms. The molecule has 0 saturated carbocycles. The molecule has 0 spiro atoms. The summed E-state index contributed by atoms with van der Waals surface area (Å²) in [6.45, 7) is 0. The lowest BCUT2D eigenvalue weighted by Gasteiger charge is -2.38. The molecular formula is C64H43NS. The van der Waals surface area contributed by atoms with Gasteiger partial charge in [0, 0.05) is 21.6 Å². The average molecular weight is 858 g/mol. The summed E-state index contributed by atoms with van der Waals surface area (Å²) in [6.07, 6.45) is 0. The van der Waals surface area contributed by atoms with Crippen molar-refractivity contribution in [1.82, 2.24) is 0 Å². The van der Waals surface area contributed by atoms with Crippen LogP contribution in [0.1, 0.15) is 44.5 Å². The van der Waals surface area contributed by atoms with Crippen LogP contribution in [0.25, 0.3) is 43.5 Å². The van der Waals surface area contributed by atoms with E-state index in [1.165, 1.54) is 88.0 Å². The van der Waals surface area contributed by atoms with Gasteiger partial charge in [0.05, 0.1) is 16.5 Å². The molecule has 0 N–H and O–H groups in total. The van der Waals surface area contributed by atoms with E-state index in [0.29, 0.717) is 0 Å². The Bertz CT molecular complexity index is 3490. The van der Waals surface area contributed by atoms with Crippen molar-refractivity contribution in [3.8, 4) is 33.4 Å². The molecule has 0 fully saturated rings. The van der Waals surface area contributed by atoms with E-state index < -0.39 is 10.8 Å². The zero-order valence-electron chi connectivity index (χ0n) is 36.2. The van der Waals surface area contributed by atoms with Crippen LogP contribution < -0.4 is 4.90 Å². The molecule has 2 aliphatic carbocycles. The van der Waals surface area contributed by atoms with E-state index >= 15 is 0 Å². The highest BCUT2D eigenvalue weighted by molar-refractivity contribution is 7.17. The molecule has 0 saturated heterocycles. The van der Waals surface area contributed by atoms with E-state index in [9.17, 15) is 0 Å². The number of nitrogens with zero attached hydrogens (tertiary/aromatic N) is 1. The van der Waals surface area contributed by atoms with Gasteiger partial charge < -0.3 is 4.90 Å². The SMILES string of the molecule is c1ccc(C2(c3ccccc3)c3ccccc3-c3ccc(N(c4ccc(-c5ccc6ccsc6c5)cc4)c4cccc5c4C(c4ccccc4)(c4ccccc4)c4ccccc4-5)cc32)cc1. The molecule has 0 amide bonds. The van der Waals surface area contributed by atoms with E-state index in [1.54, 1.807) is 11.3 Å². The molecule has 1 nitrogen and oxygen atoms in total. The highest BCUT2D eigenvalue weighted by atomic mass is 32.1. The average Bonchev–Trinajstić information content (AvgIpc) is 4.08. The molecular weight excluding hydrogens is 815 g/mol. The van der Waals surface area contributed by atoms with Gasteiger partial charge in [0.2, 0.25) is 0 Å². The molecule has 0 atom stereocenters. The molecule has 0 radical (unpaired) electrons. The number of benzene rings is 10. The van der Waals surface area contributed by atoms with Crippen molar-refractivity contribution in [3.05, 3.63) is 305 Å². The lowest BCUT2D eigenvalue weighted by molar-refractivity contribution is 0.765. The largest absolute Gasteiger partial charge is 0.310 e. The van der Waals surface area contributed by atoms with Crippen molar-refractivity contribution < 1.29 is 0 Å². The highest BCUT2D eigenvalue weighted by Crippen LogP contribution is 2.61. The van der Waals surface area contributed by atoms with Gasteiger partial charge >= 0.3 is 0 Å². The molecule has 2 aliphatic rings. The van der Waals surface area contributed by atoms with Crippen LogP contribution in [0.5, 0.6) is 0 Å². The van der Waals surface area contributed by atoms with Crippen LogP contribution in [0.2, 0.25) is 0 Å². The third-order valence-electron chi connectivity index (χ3n) is 14.3. The summed E-state index contributed by atoms with van der Waals surface area (Å²) in [4.78, 5) is 2.54. The first-order valence-electron chi connectivity index (χ1n) is 22.8. The molecule has 0 unspecified atom stereocenters. The molecule has 0 aliphatic heterocycles. The van der Waals surface area contributed by atoms with Crippen molar-refractivity contribution in [2.45, 2.75) is 10.8 Å². The Morgan fingerprint density at radius 2 is 0.803 bits per heavy atom. The zero-order valence-corrected chi connectivity index (χ0v) is 37.0. The summed E-state index contributed by atoms with van der Waals surface area (Å²) in [5.41, 5.74) is 19.8. The third-order valence-corrected chi connectivity index (χ3v) is 15.2. The third kappa shape index (κ3) is 5.59. The van der Waals surface area contributed by atoms with Gasteiger partial charge in [-0.2, -0.15) is 0 Å². The van der Waals surface area contributed by atoms with Crippen LogP contribution in [0, 0.1) is 0 Å². The summed E-state index contributed by atoms with van der Waals surface area (Å²) < 4.78 is 1.30. The van der Waals surface area contributed by atoms with E-state index in [1.807, 2.05) is 0 Å². The van der Waals surface area contributed by atoms with Crippen LogP contribution in [-0.4, -0.2) is 0 Å². The molecule has 13 rings (SSSR count). The van der Waals surface area contributed by atoms with Crippen LogP contribution in [0.3, 0.4) is 0 Å². The first-order valence-corrected chi connectivity index (χ1v) is 23.7. The summed E-state index contributed by atoms with van der Waals surface area (Å²) in [5, 5.41) is 3.46. The Morgan fingerprint density at radius 1 is 0.318 bits per heavy atom. The van der Waals surface area contributed by atoms with E-state index in [0.717, 1.165) is 17.1 Å². The van der Waals surface area contributed by atoms with E-state index in [4.69, 9.17) is 0 Å². The van der Waals surface area contributed by atoms with Crippen molar-refractivity contribution in [2.24, 2.45) is 0 Å². The summed E-state index contributed by atoms with van der Waals surface area (Å²) in [7, 11) is 0. The second-order valence-electron chi connectivity index (χ2n) is 17.5. The van der Waals surface area contributed by atoms with Crippen LogP contribution in [-0.2, 0) is 10.8 Å². The van der Waals surface area contributed by atoms with Crippen molar-refractivity contribution in [1.29, 1.82) is 0 Å². The van der Waals surface area contributed by atoms with Gasteiger partial charge in [0.15, 0.2) is 0 Å². The lowest BCUT2D eigenvalue weighted by Crippen LogP contribution is -2.31. The predicted octanol–water partition coefficient (Wildman–Crippen LogP) is 16.8. The minimum absolute atomic E-state index is 0.548. The van der Waals surface area contributed by atoms with Crippen LogP contribution >= 0.6 is 11.3 Å². The number of hydrogen-bond donors (Lipinski definition) is 0. The number of hydrogen-bond acceptors (Lipinski definition) is 2. The molecule has 310 valence electrons. The van der Waals surface area contributed by atoms with Gasteiger partial charge in [0.25, 0.3) is 0 Å². The minimum atomic E-state index is -0.607. The summed E-state index contributed by atoms with van der Waals surface area (Å²) >= 11 is 1.79. The number of rotatable bonds is 8. The van der Waals surface area contributed by atoms with Crippen molar-refractivity contribution in [3.63, 3.8) is 0 Å². The molecule has 66 heavy (non-hydrogen) atoms. The predicted molar refractivity (Wildman–Crippen MR) is 277 cm³/mol. The van der Waals surface area contributed by atoms with Gasteiger partial charge in [0.1, 0.15) is 0 Å². The van der Waals surface area contributed by atoms with Crippen LogP contribution in [0.4, 0.5) is 17.1 Å². The maximum atomic E-state index is 2.54. The van der Waals surface area contributed by atoms with Gasteiger partial charge in [-0.25, -0.2) is 0 Å². The zero-order chi connectivity index (χ0) is 43.7. The van der Waals surface area contributed by atoms with Crippen molar-refractivity contribution in [2.75, 3.05) is 4.90 Å². The first-order chi connectivity index (χ1) is 32.7. The van der Waals surface area contributed by atoms with E-state index in [2.05, 4.69) is 265 Å². The van der Waals surface area contributed by atoms with Gasteiger partial charge in [-0.1, -0.05) is 212 Å². The Labute approximate surface area is 390 Å². The summed E-state index contributed by atoms with van der Waals surface area (Å²) in [6, 6.07) is 95.1. The minimum Gasteiger partial charge on any atom is -0.310 e. The summed E-state index contributed by atoms with van der Waals surface area (Å²) in [5.74, 6) is 0. The van der Waals surface area contributed by atoms with Gasteiger partial charge in [-0.3, -0.25) is 0 Å². The second kappa shape index (κ2) is 15.3. The number of anilines is 3. The number of thiophene rings is 1. The maximum Gasteiger partial charge on any atom is 0.0734 e. The fourth-order valence-electron chi connectivity index (χ4n) is 11.6. The smallest absolute Gasteiger partial charge is 0.0734 e. The van der Waals surface area contributed by atoms with Crippen molar-refractivity contribution >= 4 is 38.5 Å². The monoisotopic (exact) mass is 857 g/mol. The molecule has 11 aromatic rings. The fourth-order valence-corrected chi connectivity index (χ4v) is 12.4. The Balaban J connectivity index is 1.11. The topological polar surface area (TPSA) is 3.24 Å². The highest BCUT2D eigenvalue weighted by Gasteiger charge is 2.49. The fraction of sp³-hybridized carbons (Fsp3) is 0.0312. The lowest BCUT2D eigenvalue weighted by atomic mass is 9.67. The maximum absolute atomic E-state index is 2.54. The molecule has 0 bridgehead atoms. The first kappa shape index (κ1) is 38.4. The van der Waals surface area contributed by atoms with Gasteiger partial charge in [-0.15, -0.1) is 11.3 Å². The van der Waals surface area contributed by atoms with Crippen LogP contribution in [0.15, 0.2) is 260 Å². The Kier molecular flexibility index (Phi) is 8.91. The Morgan fingerprint density at radius 3 is 1.42 bits per heavy atom. The standard InChI is InChI=1S/C64H43NS/c1-5-18-47(19-6-1)63(48-20-7-2-8-21-48)57-29-15-13-26-53(57)55-39-38-52(43-59(55)63)65(51-36-34-44(35-37-51)46-33-32-45-40-41-66-61(45)42-46)60-31-17-28-56-54-27-14-16-30-58(54)64(62(56)60,49-22-9-3-10-23-49)50-24-11-4-12-25-50/h1-43H. The normalized spacial score (nSPS) is 13.7. The van der Waals surface area contributed by atoms with Gasteiger partial charge in [-0.05, 0) is 126 Å². The van der Waals surface area contributed by atoms with E-state index in [-0.39, 0.29) is 0 Å². The number of fused-ring (bicyclic) bond motifs is 7. The molecule has 1 heterocycles. The molecule has 1 aromatic heterocycles. The Hall–Kier alpha value is -8.04.